The largest absolute Gasteiger partial charge is 0.467 e. The number of carbonyl (C=O) groups is 2. The van der Waals surface area contributed by atoms with Crippen molar-refractivity contribution in [3.05, 3.63) is 0 Å². The van der Waals surface area contributed by atoms with Gasteiger partial charge in [0.15, 0.2) is 0 Å². The van der Waals surface area contributed by atoms with Crippen LogP contribution in [0.15, 0.2) is 0 Å². The molecule has 0 aromatic heterocycles. The second-order valence-corrected chi connectivity index (χ2v) is 5.56. The predicted octanol–water partition coefficient (Wildman–Crippen LogP) is -0.277. The van der Waals surface area contributed by atoms with Crippen LogP contribution in [0.1, 0.15) is 26.7 Å². The first-order valence-corrected chi connectivity index (χ1v) is 6.77. The van der Waals surface area contributed by atoms with Gasteiger partial charge in [-0.3, -0.25) is 9.69 Å². The van der Waals surface area contributed by atoms with Crippen molar-refractivity contribution in [1.82, 2.24) is 10.2 Å². The van der Waals surface area contributed by atoms with Gasteiger partial charge in [0, 0.05) is 19.1 Å². The van der Waals surface area contributed by atoms with Gasteiger partial charge in [-0.15, -0.1) is 0 Å². The van der Waals surface area contributed by atoms with Crippen LogP contribution in [0, 0.1) is 5.92 Å². The molecule has 1 amide bonds. The maximum absolute atomic E-state index is 11.9. The van der Waals surface area contributed by atoms with E-state index in [-0.39, 0.29) is 17.9 Å². The van der Waals surface area contributed by atoms with Gasteiger partial charge in [-0.1, -0.05) is 13.8 Å². The monoisotopic (exact) mass is 271 g/mol. The second kappa shape index (κ2) is 7.45. The van der Waals surface area contributed by atoms with E-state index in [0.717, 1.165) is 19.5 Å². The molecule has 1 saturated heterocycles. The third kappa shape index (κ3) is 5.57. The number of rotatable bonds is 6. The smallest absolute Gasteiger partial charge is 0.328 e. The maximum atomic E-state index is 11.9. The minimum Gasteiger partial charge on any atom is -0.467 e. The molecule has 0 saturated carbocycles. The molecule has 2 atom stereocenters. The van der Waals surface area contributed by atoms with Crippen LogP contribution in [0.2, 0.25) is 0 Å². The van der Waals surface area contributed by atoms with Gasteiger partial charge in [-0.2, -0.15) is 0 Å². The molecule has 1 fully saturated rings. The molecular weight excluding hydrogens is 246 g/mol. The van der Waals surface area contributed by atoms with Crippen molar-refractivity contribution in [2.45, 2.75) is 38.8 Å². The van der Waals surface area contributed by atoms with Gasteiger partial charge in [0.2, 0.25) is 5.91 Å². The Morgan fingerprint density at radius 1 is 1.47 bits per heavy atom. The van der Waals surface area contributed by atoms with E-state index in [2.05, 4.69) is 5.32 Å². The summed E-state index contributed by atoms with van der Waals surface area (Å²) < 4.78 is 4.71. The summed E-state index contributed by atoms with van der Waals surface area (Å²) in [5.41, 5.74) is 5.79. The average molecular weight is 271 g/mol. The highest BCUT2D eigenvalue weighted by Gasteiger charge is 2.25. The topological polar surface area (TPSA) is 84.7 Å². The van der Waals surface area contributed by atoms with Gasteiger partial charge in [0.05, 0.1) is 13.7 Å². The van der Waals surface area contributed by atoms with Crippen LogP contribution in [0.3, 0.4) is 0 Å². The van der Waals surface area contributed by atoms with E-state index in [1.54, 1.807) is 0 Å². The molecule has 110 valence electrons. The molecule has 0 aromatic rings. The molecule has 3 N–H and O–H groups in total. The van der Waals surface area contributed by atoms with Crippen molar-refractivity contribution in [3.63, 3.8) is 0 Å². The summed E-state index contributed by atoms with van der Waals surface area (Å²) in [5.74, 6) is -0.227. The molecule has 0 spiro atoms. The minimum atomic E-state index is -0.561. The summed E-state index contributed by atoms with van der Waals surface area (Å²) in [6, 6.07) is -0.409. The summed E-state index contributed by atoms with van der Waals surface area (Å²) in [7, 11) is 1.33. The maximum Gasteiger partial charge on any atom is 0.328 e. The second-order valence-electron chi connectivity index (χ2n) is 5.56. The number of amides is 1. The fourth-order valence-electron chi connectivity index (χ4n) is 2.28. The van der Waals surface area contributed by atoms with E-state index in [9.17, 15) is 9.59 Å². The number of hydrogen-bond acceptors (Lipinski definition) is 5. The van der Waals surface area contributed by atoms with Crippen molar-refractivity contribution in [2.75, 3.05) is 26.7 Å². The number of esters is 1. The van der Waals surface area contributed by atoms with Crippen LogP contribution in [0.4, 0.5) is 0 Å². The number of nitrogens with two attached hydrogens (primary N) is 1. The molecule has 1 aliphatic rings. The van der Waals surface area contributed by atoms with Gasteiger partial charge < -0.3 is 15.8 Å². The van der Waals surface area contributed by atoms with Crippen LogP contribution >= 0.6 is 0 Å². The average Bonchev–Trinajstić information content (AvgIpc) is 2.72. The highest BCUT2D eigenvalue weighted by atomic mass is 16.5. The van der Waals surface area contributed by atoms with Crippen LogP contribution in [-0.2, 0) is 14.3 Å². The first-order chi connectivity index (χ1) is 8.92. The van der Waals surface area contributed by atoms with Crippen LogP contribution in [0.5, 0.6) is 0 Å². The molecule has 1 unspecified atom stereocenters. The summed E-state index contributed by atoms with van der Waals surface area (Å²) in [6.07, 6.45) is 1.50. The van der Waals surface area contributed by atoms with Gasteiger partial charge in [0.1, 0.15) is 6.04 Å². The van der Waals surface area contributed by atoms with Crippen molar-refractivity contribution in [3.8, 4) is 0 Å². The lowest BCUT2D eigenvalue weighted by atomic mass is 10.0. The molecule has 19 heavy (non-hydrogen) atoms. The van der Waals surface area contributed by atoms with Crippen LogP contribution in [0.25, 0.3) is 0 Å². The molecule has 6 nitrogen and oxygen atoms in total. The van der Waals surface area contributed by atoms with E-state index in [1.807, 2.05) is 18.7 Å². The summed E-state index contributed by atoms with van der Waals surface area (Å²) in [6.45, 7) is 5.87. The molecule has 1 aliphatic heterocycles. The molecule has 0 aromatic carbocycles. The van der Waals surface area contributed by atoms with E-state index >= 15 is 0 Å². The zero-order chi connectivity index (χ0) is 14.4. The number of likely N-dealkylation sites (tertiary alicyclic amines) is 1. The Hall–Kier alpha value is -1.14. The fourth-order valence-corrected chi connectivity index (χ4v) is 2.28. The van der Waals surface area contributed by atoms with Crippen molar-refractivity contribution >= 4 is 11.9 Å². The third-order valence-corrected chi connectivity index (χ3v) is 3.20. The highest BCUT2D eigenvalue weighted by Crippen LogP contribution is 2.08. The Morgan fingerprint density at radius 3 is 2.63 bits per heavy atom. The lowest BCUT2D eigenvalue weighted by molar-refractivity contribution is -0.145. The lowest BCUT2D eigenvalue weighted by Gasteiger charge is -2.20. The Balaban J connectivity index is 2.44. The quantitative estimate of drug-likeness (QED) is 0.649. The summed E-state index contributed by atoms with van der Waals surface area (Å²) in [5, 5.41) is 2.74. The number of carbonyl (C=O) groups excluding carboxylic acids is 2. The predicted molar refractivity (Wildman–Crippen MR) is 72.4 cm³/mol. The number of ether oxygens (including phenoxy) is 1. The van der Waals surface area contributed by atoms with Gasteiger partial charge >= 0.3 is 5.97 Å². The van der Waals surface area contributed by atoms with Gasteiger partial charge in [-0.05, 0) is 18.8 Å². The number of nitrogens with zero attached hydrogens (tertiary/aromatic N) is 1. The van der Waals surface area contributed by atoms with Crippen molar-refractivity contribution in [2.24, 2.45) is 11.7 Å². The SMILES string of the molecule is COC(=O)C(CC(C)C)NC(=O)CN1CC[C@H](N)C1. The first kappa shape index (κ1) is 15.9. The van der Waals surface area contributed by atoms with E-state index in [1.165, 1.54) is 7.11 Å². The fraction of sp³-hybridized carbons (Fsp3) is 0.846. The van der Waals surface area contributed by atoms with Gasteiger partial charge in [0.25, 0.3) is 0 Å². The zero-order valence-corrected chi connectivity index (χ0v) is 12.0. The minimum absolute atomic E-state index is 0.148. The normalized spacial score (nSPS) is 21.4. The van der Waals surface area contributed by atoms with Gasteiger partial charge in [-0.25, -0.2) is 4.79 Å². The molecular formula is C13H25N3O3. The number of methoxy groups -OCH3 is 1. The van der Waals surface area contributed by atoms with Crippen molar-refractivity contribution < 1.29 is 14.3 Å². The number of hydrogen-bond donors (Lipinski definition) is 2. The Morgan fingerprint density at radius 2 is 2.16 bits per heavy atom. The standard InChI is InChI=1S/C13H25N3O3/c1-9(2)6-11(13(18)19-3)15-12(17)8-16-5-4-10(14)7-16/h9-11H,4-8,14H2,1-3H3,(H,15,17)/t10-,11?/m0/s1. The lowest BCUT2D eigenvalue weighted by Crippen LogP contribution is -2.46. The molecule has 1 heterocycles. The third-order valence-electron chi connectivity index (χ3n) is 3.20. The van der Waals surface area contributed by atoms with E-state index in [4.69, 9.17) is 10.5 Å². The van der Waals surface area contributed by atoms with Crippen LogP contribution < -0.4 is 11.1 Å². The molecule has 0 radical (unpaired) electrons. The van der Waals surface area contributed by atoms with Crippen molar-refractivity contribution in [1.29, 1.82) is 0 Å². The highest BCUT2D eigenvalue weighted by molar-refractivity contribution is 5.85. The summed E-state index contributed by atoms with van der Waals surface area (Å²) >= 11 is 0. The molecule has 1 rings (SSSR count). The molecule has 0 bridgehead atoms. The number of nitrogens with one attached hydrogen (secondary N) is 1. The first-order valence-electron chi connectivity index (χ1n) is 6.77. The summed E-state index contributed by atoms with van der Waals surface area (Å²) in [4.78, 5) is 25.5. The van der Waals surface area contributed by atoms with E-state index < -0.39 is 6.04 Å². The molecule has 6 heteroatoms. The van der Waals surface area contributed by atoms with Crippen LogP contribution in [-0.4, -0.2) is 55.6 Å². The molecule has 0 aliphatic carbocycles. The Labute approximate surface area is 114 Å². The van der Waals surface area contributed by atoms with E-state index in [0.29, 0.717) is 18.9 Å². The Bertz CT molecular complexity index is 320. The Kier molecular flexibility index (Phi) is 6.24. The zero-order valence-electron chi connectivity index (χ0n) is 12.0.